The van der Waals surface area contributed by atoms with E-state index in [0.717, 1.165) is 29.2 Å². The van der Waals surface area contributed by atoms with Gasteiger partial charge in [-0.15, -0.1) is 0 Å². The van der Waals surface area contributed by atoms with Gasteiger partial charge >= 0.3 is 0 Å². The van der Waals surface area contributed by atoms with Crippen molar-refractivity contribution in [3.8, 4) is 0 Å². The highest BCUT2D eigenvalue weighted by atomic mass is 35.5. The molecule has 0 radical (unpaired) electrons. The molecule has 0 bridgehead atoms. The van der Waals surface area contributed by atoms with Crippen molar-refractivity contribution in [2.45, 2.75) is 18.9 Å². The second-order valence-corrected chi connectivity index (χ2v) is 5.06. The minimum absolute atomic E-state index is 0.0378. The summed E-state index contributed by atoms with van der Waals surface area (Å²) < 4.78 is 0. The highest BCUT2D eigenvalue weighted by Gasteiger charge is 2.34. The molecule has 0 aromatic heterocycles. The first-order valence-electron chi connectivity index (χ1n) is 5.45. The summed E-state index contributed by atoms with van der Waals surface area (Å²) in [4.78, 5) is 2.21. The molecule has 1 atom stereocenters. The van der Waals surface area contributed by atoms with E-state index in [1.54, 1.807) is 0 Å². The Kier molecular flexibility index (Phi) is 3.10. The van der Waals surface area contributed by atoms with Crippen molar-refractivity contribution >= 4 is 17.3 Å². The summed E-state index contributed by atoms with van der Waals surface area (Å²) >= 11 is 5.92. The number of rotatable bonds is 2. The quantitative estimate of drug-likeness (QED) is 0.825. The lowest BCUT2D eigenvalue weighted by Gasteiger charge is -2.24. The van der Waals surface area contributed by atoms with Crippen molar-refractivity contribution in [1.29, 1.82) is 0 Å². The number of benzene rings is 1. The molecule has 0 saturated carbocycles. The van der Waals surface area contributed by atoms with Crippen LogP contribution in [0.15, 0.2) is 18.2 Å². The molecule has 1 aromatic rings. The number of nitrogens with two attached hydrogens (primary N) is 1. The lowest BCUT2D eigenvalue weighted by molar-refractivity contribution is 0.210. The molecule has 1 unspecified atom stereocenters. The Morgan fingerprint density at radius 1 is 1.56 bits per heavy atom. The predicted octanol–water partition coefficient (Wildman–Crippen LogP) is 1.55. The van der Waals surface area contributed by atoms with E-state index < -0.39 is 5.54 Å². The zero-order valence-electron chi connectivity index (χ0n) is 9.41. The van der Waals surface area contributed by atoms with Gasteiger partial charge in [0.1, 0.15) is 0 Å². The van der Waals surface area contributed by atoms with Crippen LogP contribution in [0.4, 0.5) is 5.69 Å². The number of anilines is 1. The molecule has 0 aliphatic carbocycles. The predicted molar refractivity (Wildman–Crippen MR) is 67.0 cm³/mol. The fourth-order valence-electron chi connectivity index (χ4n) is 2.20. The Morgan fingerprint density at radius 3 is 2.88 bits per heavy atom. The number of aliphatic hydroxyl groups is 1. The minimum Gasteiger partial charge on any atom is -0.394 e. The van der Waals surface area contributed by atoms with Gasteiger partial charge in [-0.3, -0.25) is 0 Å². The average Bonchev–Trinajstić information content (AvgIpc) is 2.62. The zero-order valence-corrected chi connectivity index (χ0v) is 10.2. The molecule has 16 heavy (non-hydrogen) atoms. The van der Waals surface area contributed by atoms with Gasteiger partial charge in [0, 0.05) is 23.8 Å². The van der Waals surface area contributed by atoms with Crippen LogP contribution in [0.25, 0.3) is 0 Å². The van der Waals surface area contributed by atoms with Crippen LogP contribution < -0.4 is 10.6 Å². The maximum absolute atomic E-state index is 9.23. The smallest absolute Gasteiger partial charge is 0.0629 e. The highest BCUT2D eigenvalue weighted by Crippen LogP contribution is 2.29. The van der Waals surface area contributed by atoms with Crippen LogP contribution in [0.1, 0.15) is 12.0 Å². The van der Waals surface area contributed by atoms with Gasteiger partial charge in [0.05, 0.1) is 12.1 Å². The third-order valence-corrected chi connectivity index (χ3v) is 3.43. The number of hydrogen-bond donors (Lipinski definition) is 2. The highest BCUT2D eigenvalue weighted by molar-refractivity contribution is 6.30. The largest absolute Gasteiger partial charge is 0.394 e. The number of aryl methyl sites for hydroxylation is 1. The van der Waals surface area contributed by atoms with Gasteiger partial charge < -0.3 is 15.7 Å². The van der Waals surface area contributed by atoms with E-state index >= 15 is 0 Å². The van der Waals surface area contributed by atoms with E-state index in [1.807, 2.05) is 25.1 Å². The Bertz CT molecular complexity index is 397. The topological polar surface area (TPSA) is 49.5 Å². The molecular weight excluding hydrogens is 224 g/mol. The second-order valence-electron chi connectivity index (χ2n) is 4.62. The van der Waals surface area contributed by atoms with E-state index in [2.05, 4.69) is 4.90 Å². The SMILES string of the molecule is Cc1cc(Cl)ccc1N1CCC(N)(CO)C1. The summed E-state index contributed by atoms with van der Waals surface area (Å²) in [6.45, 7) is 3.66. The van der Waals surface area contributed by atoms with Crippen LogP contribution >= 0.6 is 11.6 Å². The molecule has 1 aliphatic heterocycles. The van der Waals surface area contributed by atoms with Crippen LogP contribution in [-0.4, -0.2) is 30.3 Å². The lowest BCUT2D eigenvalue weighted by atomic mass is 10.0. The molecule has 1 fully saturated rings. The Hall–Kier alpha value is -0.770. The number of halogens is 1. The number of nitrogens with zero attached hydrogens (tertiary/aromatic N) is 1. The molecule has 0 amide bonds. The molecule has 1 heterocycles. The molecular formula is C12H17ClN2O. The molecule has 3 nitrogen and oxygen atoms in total. The summed E-state index contributed by atoms with van der Waals surface area (Å²) in [6.07, 6.45) is 0.825. The van der Waals surface area contributed by atoms with E-state index in [0.29, 0.717) is 6.54 Å². The normalized spacial score (nSPS) is 25.1. The molecule has 4 heteroatoms. The fourth-order valence-corrected chi connectivity index (χ4v) is 2.43. The number of aliphatic hydroxyl groups excluding tert-OH is 1. The Labute approximate surface area is 101 Å². The maximum Gasteiger partial charge on any atom is 0.0629 e. The van der Waals surface area contributed by atoms with Gasteiger partial charge in [-0.25, -0.2) is 0 Å². The second kappa shape index (κ2) is 4.24. The van der Waals surface area contributed by atoms with Crippen LogP contribution in [0.5, 0.6) is 0 Å². The van der Waals surface area contributed by atoms with Gasteiger partial charge in [-0.2, -0.15) is 0 Å². The van der Waals surface area contributed by atoms with Crippen molar-refractivity contribution in [3.05, 3.63) is 28.8 Å². The lowest BCUT2D eigenvalue weighted by Crippen LogP contribution is -2.46. The first-order valence-corrected chi connectivity index (χ1v) is 5.83. The first-order chi connectivity index (χ1) is 7.54. The van der Waals surface area contributed by atoms with Crippen LogP contribution in [0.3, 0.4) is 0 Å². The van der Waals surface area contributed by atoms with E-state index in [4.69, 9.17) is 17.3 Å². The van der Waals surface area contributed by atoms with E-state index in [9.17, 15) is 5.11 Å². The summed E-state index contributed by atoms with van der Waals surface area (Å²) in [7, 11) is 0. The van der Waals surface area contributed by atoms with Crippen molar-refractivity contribution in [1.82, 2.24) is 0 Å². The van der Waals surface area contributed by atoms with Gasteiger partial charge in [0.2, 0.25) is 0 Å². The maximum atomic E-state index is 9.23. The molecule has 3 N–H and O–H groups in total. The molecule has 88 valence electrons. The Balaban J connectivity index is 2.21. The first kappa shape index (κ1) is 11.7. The molecule has 2 rings (SSSR count). The zero-order chi connectivity index (χ0) is 11.8. The molecule has 1 aliphatic rings. The molecule has 0 spiro atoms. The van der Waals surface area contributed by atoms with Gasteiger partial charge in [0.15, 0.2) is 0 Å². The van der Waals surface area contributed by atoms with E-state index in [-0.39, 0.29) is 6.61 Å². The van der Waals surface area contributed by atoms with Crippen molar-refractivity contribution in [2.75, 3.05) is 24.6 Å². The minimum atomic E-state index is -0.452. The van der Waals surface area contributed by atoms with Crippen molar-refractivity contribution in [2.24, 2.45) is 5.73 Å². The van der Waals surface area contributed by atoms with Gasteiger partial charge in [-0.1, -0.05) is 11.6 Å². The number of hydrogen-bond acceptors (Lipinski definition) is 3. The van der Waals surface area contributed by atoms with Crippen molar-refractivity contribution in [3.63, 3.8) is 0 Å². The molecule has 1 aromatic carbocycles. The van der Waals surface area contributed by atoms with Crippen LogP contribution in [-0.2, 0) is 0 Å². The van der Waals surface area contributed by atoms with E-state index in [1.165, 1.54) is 0 Å². The average molecular weight is 241 g/mol. The van der Waals surface area contributed by atoms with Crippen LogP contribution in [0, 0.1) is 6.92 Å². The summed E-state index contributed by atoms with van der Waals surface area (Å²) in [5.74, 6) is 0. The van der Waals surface area contributed by atoms with Crippen LogP contribution in [0.2, 0.25) is 5.02 Å². The fraction of sp³-hybridized carbons (Fsp3) is 0.500. The van der Waals surface area contributed by atoms with Gasteiger partial charge in [-0.05, 0) is 37.1 Å². The summed E-state index contributed by atoms with van der Waals surface area (Å²) in [5, 5.41) is 9.98. The van der Waals surface area contributed by atoms with Gasteiger partial charge in [0.25, 0.3) is 0 Å². The van der Waals surface area contributed by atoms with Crippen molar-refractivity contribution < 1.29 is 5.11 Å². The summed E-state index contributed by atoms with van der Waals surface area (Å²) in [5.41, 5.74) is 7.90. The summed E-state index contributed by atoms with van der Waals surface area (Å²) in [6, 6.07) is 5.85. The third-order valence-electron chi connectivity index (χ3n) is 3.20. The Morgan fingerprint density at radius 2 is 2.31 bits per heavy atom. The standard InChI is InChI=1S/C12H17ClN2O/c1-9-6-10(13)2-3-11(9)15-5-4-12(14,7-15)8-16/h2-3,6,16H,4-5,7-8,14H2,1H3. The monoisotopic (exact) mass is 240 g/mol. The third kappa shape index (κ3) is 2.17. The molecule has 1 saturated heterocycles.